The fourth-order valence-electron chi connectivity index (χ4n) is 0.273. The summed E-state index contributed by atoms with van der Waals surface area (Å²) in [6.45, 7) is 0.216. The highest BCUT2D eigenvalue weighted by Crippen LogP contribution is 1.97. The van der Waals surface area contributed by atoms with Crippen LogP contribution >= 0.6 is 11.6 Å². The first-order valence-corrected chi connectivity index (χ1v) is 2.66. The van der Waals surface area contributed by atoms with Gasteiger partial charge in [-0.3, -0.25) is 4.79 Å². The molecule has 0 rings (SSSR count). The Morgan fingerprint density at radius 3 is 2.50 bits per heavy atom. The monoisotopic (exact) mass is 137 g/mol. The summed E-state index contributed by atoms with van der Waals surface area (Å²) in [6, 6.07) is 0. The van der Waals surface area contributed by atoms with Crippen LogP contribution in [0, 0.1) is 0 Å². The van der Waals surface area contributed by atoms with Crippen molar-refractivity contribution in [2.75, 3.05) is 6.54 Å². The lowest BCUT2D eigenvalue weighted by Gasteiger charge is -1.98. The minimum Gasteiger partial charge on any atom is -0.481 e. The summed E-state index contributed by atoms with van der Waals surface area (Å²) in [7, 11) is 0. The average Bonchev–Trinajstić information content (AvgIpc) is 1.65. The van der Waals surface area contributed by atoms with E-state index in [0.29, 0.717) is 0 Å². The first-order valence-electron chi connectivity index (χ1n) is 2.22. The predicted molar refractivity (Wildman–Crippen MR) is 30.9 cm³/mol. The van der Waals surface area contributed by atoms with E-state index in [4.69, 9.17) is 22.4 Å². The zero-order chi connectivity index (χ0) is 6.57. The fraction of sp³-hybridized carbons (Fsp3) is 0.750. The normalized spacial score (nSPS) is 13.2. The summed E-state index contributed by atoms with van der Waals surface area (Å²) in [4.78, 5) is 9.83. The standard InChI is InChI=1S/C4H8ClNO2/c5-3(2-6)1-4(7)8/h3H,1-2,6H2,(H,7,8). The molecule has 48 valence electrons. The molecule has 0 radical (unpaired) electrons. The number of carbonyl (C=O) groups is 1. The van der Waals surface area contributed by atoms with Crippen molar-refractivity contribution >= 4 is 17.6 Å². The zero-order valence-electron chi connectivity index (χ0n) is 4.30. The van der Waals surface area contributed by atoms with Crippen LogP contribution in [0.4, 0.5) is 0 Å². The van der Waals surface area contributed by atoms with Gasteiger partial charge in [-0.2, -0.15) is 0 Å². The van der Waals surface area contributed by atoms with E-state index in [9.17, 15) is 4.79 Å². The third kappa shape index (κ3) is 3.89. The second-order valence-corrected chi connectivity index (χ2v) is 2.05. The smallest absolute Gasteiger partial charge is 0.304 e. The Balaban J connectivity index is 3.24. The number of hydrogen-bond acceptors (Lipinski definition) is 2. The van der Waals surface area contributed by atoms with Gasteiger partial charge in [-0.15, -0.1) is 11.6 Å². The van der Waals surface area contributed by atoms with E-state index in [-0.39, 0.29) is 13.0 Å². The Morgan fingerprint density at radius 2 is 2.38 bits per heavy atom. The highest BCUT2D eigenvalue weighted by Gasteiger charge is 2.05. The van der Waals surface area contributed by atoms with Crippen molar-refractivity contribution in [1.82, 2.24) is 0 Å². The molecule has 0 aromatic heterocycles. The molecule has 0 bridgehead atoms. The van der Waals surface area contributed by atoms with E-state index in [1.807, 2.05) is 0 Å². The van der Waals surface area contributed by atoms with Crippen LogP contribution in [-0.2, 0) is 4.79 Å². The van der Waals surface area contributed by atoms with Crippen molar-refractivity contribution in [3.8, 4) is 0 Å². The number of alkyl halides is 1. The Bertz CT molecular complexity index is 86.1. The van der Waals surface area contributed by atoms with Crippen molar-refractivity contribution in [3.05, 3.63) is 0 Å². The van der Waals surface area contributed by atoms with E-state index < -0.39 is 11.3 Å². The van der Waals surface area contributed by atoms with Crippen LogP contribution in [0.15, 0.2) is 0 Å². The fourth-order valence-corrected chi connectivity index (χ4v) is 0.405. The first kappa shape index (κ1) is 7.72. The summed E-state index contributed by atoms with van der Waals surface area (Å²) < 4.78 is 0. The third-order valence-corrected chi connectivity index (χ3v) is 0.984. The van der Waals surface area contributed by atoms with Gasteiger partial charge in [0.05, 0.1) is 11.8 Å². The van der Waals surface area contributed by atoms with Gasteiger partial charge in [-0.05, 0) is 0 Å². The topological polar surface area (TPSA) is 63.3 Å². The number of carboxylic acids is 1. The molecule has 0 aromatic rings. The molecule has 0 heterocycles. The molecular formula is C4H8ClNO2. The maximum atomic E-state index is 9.83. The van der Waals surface area contributed by atoms with Crippen molar-refractivity contribution < 1.29 is 9.90 Å². The van der Waals surface area contributed by atoms with Gasteiger partial charge in [0.1, 0.15) is 0 Å². The molecule has 0 aliphatic carbocycles. The van der Waals surface area contributed by atoms with E-state index in [2.05, 4.69) is 0 Å². The molecular weight excluding hydrogens is 130 g/mol. The van der Waals surface area contributed by atoms with Crippen LogP contribution in [0.2, 0.25) is 0 Å². The maximum absolute atomic E-state index is 9.83. The third-order valence-electron chi connectivity index (χ3n) is 0.652. The molecule has 8 heavy (non-hydrogen) atoms. The van der Waals surface area contributed by atoms with Crippen LogP contribution in [0.1, 0.15) is 6.42 Å². The number of rotatable bonds is 3. The van der Waals surface area contributed by atoms with E-state index in [0.717, 1.165) is 0 Å². The average molecular weight is 138 g/mol. The molecule has 0 aliphatic rings. The van der Waals surface area contributed by atoms with Gasteiger partial charge in [0.15, 0.2) is 0 Å². The van der Waals surface area contributed by atoms with Gasteiger partial charge in [-0.25, -0.2) is 0 Å². The minimum atomic E-state index is -0.907. The SMILES string of the molecule is NCC(Cl)CC(=O)O. The summed E-state index contributed by atoms with van der Waals surface area (Å²) in [5.41, 5.74) is 5.03. The van der Waals surface area contributed by atoms with Crippen molar-refractivity contribution in [2.24, 2.45) is 5.73 Å². The molecule has 3 N–H and O–H groups in total. The molecule has 0 fully saturated rings. The lowest BCUT2D eigenvalue weighted by molar-refractivity contribution is -0.136. The van der Waals surface area contributed by atoms with E-state index in [1.54, 1.807) is 0 Å². The maximum Gasteiger partial charge on any atom is 0.304 e. The number of nitrogens with two attached hydrogens (primary N) is 1. The van der Waals surface area contributed by atoms with E-state index in [1.165, 1.54) is 0 Å². The van der Waals surface area contributed by atoms with Crippen LogP contribution in [0.25, 0.3) is 0 Å². The minimum absolute atomic E-state index is 0.0575. The molecule has 0 aromatic carbocycles. The second kappa shape index (κ2) is 3.69. The molecule has 0 saturated carbocycles. The van der Waals surface area contributed by atoms with Crippen molar-refractivity contribution in [3.63, 3.8) is 0 Å². The van der Waals surface area contributed by atoms with Crippen LogP contribution in [-0.4, -0.2) is 23.0 Å². The lowest BCUT2D eigenvalue weighted by Crippen LogP contribution is -2.17. The molecule has 0 amide bonds. The Morgan fingerprint density at radius 1 is 1.88 bits per heavy atom. The van der Waals surface area contributed by atoms with Gasteiger partial charge < -0.3 is 10.8 Å². The Hall–Kier alpha value is -0.280. The van der Waals surface area contributed by atoms with Crippen LogP contribution in [0.3, 0.4) is 0 Å². The largest absolute Gasteiger partial charge is 0.481 e. The Kier molecular flexibility index (Phi) is 3.56. The van der Waals surface area contributed by atoms with Crippen LogP contribution in [0.5, 0.6) is 0 Å². The molecule has 0 aliphatic heterocycles. The number of hydrogen-bond donors (Lipinski definition) is 2. The number of halogens is 1. The molecule has 1 unspecified atom stereocenters. The number of aliphatic carboxylic acids is 1. The highest BCUT2D eigenvalue weighted by atomic mass is 35.5. The molecule has 0 saturated heterocycles. The predicted octanol–water partition coefficient (Wildman–Crippen LogP) is 0.0272. The lowest BCUT2D eigenvalue weighted by atomic mass is 10.3. The summed E-state index contributed by atoms with van der Waals surface area (Å²) in [6.07, 6.45) is -0.0575. The van der Waals surface area contributed by atoms with Crippen molar-refractivity contribution in [1.29, 1.82) is 0 Å². The van der Waals surface area contributed by atoms with Gasteiger partial charge in [-0.1, -0.05) is 0 Å². The van der Waals surface area contributed by atoms with Gasteiger partial charge in [0.2, 0.25) is 0 Å². The zero-order valence-corrected chi connectivity index (χ0v) is 5.06. The molecule has 3 nitrogen and oxygen atoms in total. The summed E-state index contributed by atoms with van der Waals surface area (Å²) in [5, 5.41) is 7.65. The molecule has 4 heteroatoms. The van der Waals surface area contributed by atoms with Gasteiger partial charge >= 0.3 is 5.97 Å². The summed E-state index contributed by atoms with van der Waals surface area (Å²) in [5.74, 6) is -0.907. The molecule has 0 spiro atoms. The highest BCUT2D eigenvalue weighted by molar-refractivity contribution is 6.21. The molecule has 1 atom stereocenters. The van der Waals surface area contributed by atoms with Crippen LogP contribution < -0.4 is 5.73 Å². The quantitative estimate of drug-likeness (QED) is 0.540. The summed E-state index contributed by atoms with van der Waals surface area (Å²) >= 11 is 5.35. The van der Waals surface area contributed by atoms with Crippen molar-refractivity contribution in [2.45, 2.75) is 11.8 Å². The van der Waals surface area contributed by atoms with Gasteiger partial charge in [0, 0.05) is 6.54 Å². The Labute approximate surface area is 52.4 Å². The first-order chi connectivity index (χ1) is 3.66. The van der Waals surface area contributed by atoms with E-state index >= 15 is 0 Å². The number of carboxylic acid groups (broad SMARTS) is 1. The van der Waals surface area contributed by atoms with Gasteiger partial charge in [0.25, 0.3) is 0 Å². The second-order valence-electron chi connectivity index (χ2n) is 1.43.